The number of sulfone groups is 1. The second-order valence-electron chi connectivity index (χ2n) is 5.11. The fourth-order valence-electron chi connectivity index (χ4n) is 2.65. The first-order chi connectivity index (χ1) is 8.89. The quantitative estimate of drug-likeness (QED) is 0.667. The fraction of sp³-hybridized carbons (Fsp3) is 0.818. The lowest BCUT2D eigenvalue weighted by atomic mass is 10.1. The van der Waals surface area contributed by atoms with E-state index in [1.165, 1.54) is 4.90 Å². The van der Waals surface area contributed by atoms with E-state index < -0.39 is 28.4 Å². The van der Waals surface area contributed by atoms with Crippen LogP contribution in [-0.2, 0) is 19.4 Å². The van der Waals surface area contributed by atoms with Gasteiger partial charge in [-0.3, -0.25) is 9.59 Å². The minimum atomic E-state index is -3.14. The summed E-state index contributed by atoms with van der Waals surface area (Å²) >= 11 is 0. The summed E-state index contributed by atoms with van der Waals surface area (Å²) in [7, 11) is -3.14. The minimum Gasteiger partial charge on any atom is -0.480 e. The van der Waals surface area contributed by atoms with Gasteiger partial charge in [0.25, 0.3) is 0 Å². The molecule has 2 heterocycles. The molecule has 8 heteroatoms. The zero-order valence-corrected chi connectivity index (χ0v) is 11.4. The lowest BCUT2D eigenvalue weighted by Gasteiger charge is -2.28. The van der Waals surface area contributed by atoms with Crippen molar-refractivity contribution in [2.45, 2.75) is 18.9 Å². The van der Waals surface area contributed by atoms with Gasteiger partial charge in [-0.1, -0.05) is 0 Å². The van der Waals surface area contributed by atoms with Crippen LogP contribution in [0.2, 0.25) is 0 Å². The summed E-state index contributed by atoms with van der Waals surface area (Å²) in [6, 6.07) is -0.491. The van der Waals surface area contributed by atoms with Gasteiger partial charge in [-0.15, -0.1) is 0 Å². The second-order valence-corrected chi connectivity index (χ2v) is 7.34. The molecule has 0 saturated carbocycles. The van der Waals surface area contributed by atoms with Crippen LogP contribution in [0, 0.1) is 5.92 Å². The van der Waals surface area contributed by atoms with Gasteiger partial charge in [-0.2, -0.15) is 0 Å². The molecule has 7 nitrogen and oxygen atoms in total. The first-order valence-electron chi connectivity index (χ1n) is 6.32. The van der Waals surface area contributed by atoms with Crippen molar-refractivity contribution < 1.29 is 23.1 Å². The molecular formula is C11H18N2O5S. The van der Waals surface area contributed by atoms with Crippen molar-refractivity contribution in [2.24, 2.45) is 5.92 Å². The van der Waals surface area contributed by atoms with Gasteiger partial charge in [-0.25, -0.2) is 8.42 Å². The first kappa shape index (κ1) is 14.3. The molecule has 0 aromatic rings. The van der Waals surface area contributed by atoms with E-state index in [1.807, 2.05) is 0 Å². The Morgan fingerprint density at radius 3 is 2.53 bits per heavy atom. The van der Waals surface area contributed by atoms with Crippen LogP contribution in [0.3, 0.4) is 0 Å². The number of carboxylic acid groups (broad SMARTS) is 1. The zero-order valence-electron chi connectivity index (χ0n) is 10.5. The van der Waals surface area contributed by atoms with E-state index in [4.69, 9.17) is 5.11 Å². The van der Waals surface area contributed by atoms with Crippen LogP contribution < -0.4 is 5.32 Å². The summed E-state index contributed by atoms with van der Waals surface area (Å²) < 4.78 is 23.0. The van der Waals surface area contributed by atoms with Crippen molar-refractivity contribution >= 4 is 21.7 Å². The van der Waals surface area contributed by atoms with Gasteiger partial charge in [0, 0.05) is 12.6 Å². The summed E-state index contributed by atoms with van der Waals surface area (Å²) in [5.74, 6) is -1.67. The number of hydrogen-bond acceptors (Lipinski definition) is 5. The average Bonchev–Trinajstić information content (AvgIpc) is 2.94. The molecule has 108 valence electrons. The third-order valence-electron chi connectivity index (χ3n) is 3.65. The number of nitrogens with one attached hydrogen (secondary N) is 1. The SMILES string of the molecule is O=C(O)CN(C(=O)C1CCNC1)C1CCS(=O)(=O)C1. The highest BCUT2D eigenvalue weighted by Gasteiger charge is 2.38. The first-order valence-corrected chi connectivity index (χ1v) is 8.14. The molecule has 0 radical (unpaired) electrons. The third-order valence-corrected chi connectivity index (χ3v) is 5.40. The van der Waals surface area contributed by atoms with Gasteiger partial charge in [0.15, 0.2) is 9.84 Å². The van der Waals surface area contributed by atoms with Crippen LogP contribution in [0.4, 0.5) is 0 Å². The van der Waals surface area contributed by atoms with Crippen molar-refractivity contribution in [3.8, 4) is 0 Å². The van der Waals surface area contributed by atoms with Crippen molar-refractivity contribution in [3.63, 3.8) is 0 Å². The Morgan fingerprint density at radius 1 is 1.32 bits per heavy atom. The molecule has 0 bridgehead atoms. The molecule has 2 aliphatic rings. The van der Waals surface area contributed by atoms with Crippen LogP contribution in [0.5, 0.6) is 0 Å². The molecule has 19 heavy (non-hydrogen) atoms. The summed E-state index contributed by atoms with van der Waals surface area (Å²) in [5, 5.41) is 12.0. The number of hydrogen-bond donors (Lipinski definition) is 2. The highest BCUT2D eigenvalue weighted by Crippen LogP contribution is 2.21. The Bertz CT molecular complexity index is 469. The maximum absolute atomic E-state index is 12.3. The molecule has 2 atom stereocenters. The molecule has 2 aliphatic heterocycles. The molecule has 2 unspecified atom stereocenters. The van der Waals surface area contributed by atoms with Crippen molar-refractivity contribution in [1.82, 2.24) is 10.2 Å². The molecule has 0 aromatic carbocycles. The van der Waals surface area contributed by atoms with Crippen molar-refractivity contribution in [3.05, 3.63) is 0 Å². The summed E-state index contributed by atoms with van der Waals surface area (Å²) in [6.45, 7) is 0.851. The molecule has 1 amide bonds. The van der Waals surface area contributed by atoms with E-state index in [0.717, 1.165) is 6.54 Å². The molecule has 2 saturated heterocycles. The van der Waals surface area contributed by atoms with Gasteiger partial charge < -0.3 is 15.3 Å². The summed E-state index contributed by atoms with van der Waals surface area (Å²) in [5.41, 5.74) is 0. The lowest BCUT2D eigenvalue weighted by molar-refractivity contribution is -0.147. The monoisotopic (exact) mass is 290 g/mol. The average molecular weight is 290 g/mol. The van der Waals surface area contributed by atoms with Gasteiger partial charge in [0.05, 0.1) is 17.4 Å². The van der Waals surface area contributed by atoms with E-state index in [-0.39, 0.29) is 23.3 Å². The van der Waals surface area contributed by atoms with Gasteiger partial charge in [0.1, 0.15) is 6.54 Å². The molecule has 0 aromatic heterocycles. The number of aliphatic carboxylic acids is 1. The predicted molar refractivity (Wildman–Crippen MR) is 67.4 cm³/mol. The standard InChI is InChI=1S/C11H18N2O5S/c14-10(15)6-13(9-2-4-19(17,18)7-9)11(16)8-1-3-12-5-8/h8-9,12H,1-7H2,(H,14,15). The Labute approximate surface area is 111 Å². The Balaban J connectivity index is 2.11. The normalized spacial score (nSPS) is 29.3. The molecule has 2 rings (SSSR count). The lowest BCUT2D eigenvalue weighted by Crippen LogP contribution is -2.47. The Hall–Kier alpha value is -1.15. The topological polar surface area (TPSA) is 104 Å². The van der Waals surface area contributed by atoms with E-state index >= 15 is 0 Å². The number of carbonyl (C=O) groups excluding carboxylic acids is 1. The van der Waals surface area contributed by atoms with Gasteiger partial charge in [-0.05, 0) is 19.4 Å². The van der Waals surface area contributed by atoms with Crippen molar-refractivity contribution in [1.29, 1.82) is 0 Å². The second kappa shape index (κ2) is 5.46. The van der Waals surface area contributed by atoms with Crippen LogP contribution >= 0.6 is 0 Å². The Kier molecular flexibility index (Phi) is 4.10. The van der Waals surface area contributed by atoms with Crippen molar-refractivity contribution in [2.75, 3.05) is 31.1 Å². The number of nitrogens with zero attached hydrogens (tertiary/aromatic N) is 1. The van der Waals surface area contributed by atoms with Gasteiger partial charge >= 0.3 is 5.97 Å². The minimum absolute atomic E-state index is 0.0317. The Morgan fingerprint density at radius 2 is 2.05 bits per heavy atom. The largest absolute Gasteiger partial charge is 0.480 e. The summed E-state index contributed by atoms with van der Waals surface area (Å²) in [4.78, 5) is 24.4. The van der Waals surface area contributed by atoms with Crippen LogP contribution in [0.15, 0.2) is 0 Å². The molecule has 0 spiro atoms. The third kappa shape index (κ3) is 3.44. The van der Waals surface area contributed by atoms with E-state index in [2.05, 4.69) is 5.32 Å². The number of carboxylic acids is 1. The van der Waals surface area contributed by atoms with E-state index in [9.17, 15) is 18.0 Å². The number of amides is 1. The highest BCUT2D eigenvalue weighted by molar-refractivity contribution is 7.91. The predicted octanol–water partition coefficient (Wildman–Crippen LogP) is -1.30. The molecule has 2 N–H and O–H groups in total. The summed E-state index contributed by atoms with van der Waals surface area (Å²) in [6.07, 6.45) is 1.01. The van der Waals surface area contributed by atoms with Crippen LogP contribution in [0.25, 0.3) is 0 Å². The molecule has 0 aliphatic carbocycles. The van der Waals surface area contributed by atoms with E-state index in [1.54, 1.807) is 0 Å². The maximum Gasteiger partial charge on any atom is 0.323 e. The smallest absolute Gasteiger partial charge is 0.323 e. The zero-order chi connectivity index (χ0) is 14.0. The molecular weight excluding hydrogens is 272 g/mol. The van der Waals surface area contributed by atoms with E-state index in [0.29, 0.717) is 19.4 Å². The number of rotatable bonds is 4. The number of carbonyl (C=O) groups is 2. The van der Waals surface area contributed by atoms with Gasteiger partial charge in [0.2, 0.25) is 5.91 Å². The maximum atomic E-state index is 12.3. The van der Waals surface area contributed by atoms with Crippen LogP contribution in [0.1, 0.15) is 12.8 Å². The fourth-order valence-corrected chi connectivity index (χ4v) is 4.38. The molecule has 2 fully saturated rings. The van der Waals surface area contributed by atoms with Crippen LogP contribution in [-0.4, -0.2) is 67.5 Å². The highest BCUT2D eigenvalue weighted by atomic mass is 32.2.